The van der Waals surface area contributed by atoms with Crippen LogP contribution in [-0.2, 0) is 13.1 Å². The lowest BCUT2D eigenvalue weighted by Crippen LogP contribution is -2.17. The van der Waals surface area contributed by atoms with E-state index in [0.29, 0.717) is 5.56 Å². The fourth-order valence-corrected chi connectivity index (χ4v) is 2.97. The third kappa shape index (κ3) is 4.94. The predicted octanol–water partition coefficient (Wildman–Crippen LogP) is 5.22. The van der Waals surface area contributed by atoms with Crippen molar-refractivity contribution in [3.8, 4) is 0 Å². The molecular formula is C22H21ClN2O. The Morgan fingerprint density at radius 1 is 0.885 bits per heavy atom. The summed E-state index contributed by atoms with van der Waals surface area (Å²) in [5, 5.41) is 3.68. The standard InChI is InChI=1S/C22H21ClN2O/c1-25(16-19-7-5-6-10-21(19)23)15-17-11-13-18(14-12-17)22(26)24-20-8-3-2-4-9-20/h2-14H,15-16H2,1H3,(H,24,26). The average molecular weight is 365 g/mol. The molecule has 3 aromatic rings. The van der Waals surface area contributed by atoms with Crippen molar-refractivity contribution in [3.05, 3.63) is 101 Å². The van der Waals surface area contributed by atoms with Gasteiger partial charge in [-0.25, -0.2) is 0 Å². The molecule has 0 bridgehead atoms. The van der Waals surface area contributed by atoms with E-state index in [1.165, 1.54) is 0 Å². The Morgan fingerprint density at radius 2 is 1.54 bits per heavy atom. The van der Waals surface area contributed by atoms with E-state index in [0.717, 1.165) is 34.9 Å². The molecule has 0 unspecified atom stereocenters. The van der Waals surface area contributed by atoms with Crippen LogP contribution in [0.15, 0.2) is 78.9 Å². The van der Waals surface area contributed by atoms with Crippen LogP contribution < -0.4 is 5.32 Å². The largest absolute Gasteiger partial charge is 0.322 e. The van der Waals surface area contributed by atoms with Crippen LogP contribution in [0, 0.1) is 0 Å². The predicted molar refractivity (Wildman–Crippen MR) is 107 cm³/mol. The van der Waals surface area contributed by atoms with Crippen LogP contribution in [0.25, 0.3) is 0 Å². The SMILES string of the molecule is CN(Cc1ccc(C(=O)Nc2ccccc2)cc1)Cc1ccccc1Cl. The second-order valence-electron chi connectivity index (χ2n) is 6.28. The molecule has 3 nitrogen and oxygen atoms in total. The van der Waals surface area contributed by atoms with Crippen molar-refractivity contribution in [2.75, 3.05) is 12.4 Å². The number of rotatable bonds is 6. The molecule has 0 fully saturated rings. The van der Waals surface area contributed by atoms with Gasteiger partial charge in [0, 0.05) is 29.4 Å². The molecule has 4 heteroatoms. The number of hydrogen-bond acceptors (Lipinski definition) is 2. The Balaban J connectivity index is 1.59. The summed E-state index contributed by atoms with van der Waals surface area (Å²) in [6, 6.07) is 25.0. The molecular weight excluding hydrogens is 344 g/mol. The highest BCUT2D eigenvalue weighted by Gasteiger charge is 2.08. The van der Waals surface area contributed by atoms with E-state index in [4.69, 9.17) is 11.6 Å². The molecule has 132 valence electrons. The van der Waals surface area contributed by atoms with E-state index in [2.05, 4.69) is 17.3 Å². The summed E-state index contributed by atoms with van der Waals surface area (Å²) in [7, 11) is 2.05. The highest BCUT2D eigenvalue weighted by atomic mass is 35.5. The van der Waals surface area contributed by atoms with Gasteiger partial charge >= 0.3 is 0 Å². The van der Waals surface area contributed by atoms with E-state index in [9.17, 15) is 4.79 Å². The highest BCUT2D eigenvalue weighted by Crippen LogP contribution is 2.18. The highest BCUT2D eigenvalue weighted by molar-refractivity contribution is 6.31. The average Bonchev–Trinajstić information content (AvgIpc) is 2.65. The van der Waals surface area contributed by atoms with Crippen molar-refractivity contribution in [1.82, 2.24) is 4.90 Å². The summed E-state index contributed by atoms with van der Waals surface area (Å²) in [6.07, 6.45) is 0. The third-order valence-corrected chi connectivity index (χ3v) is 4.47. The fraction of sp³-hybridized carbons (Fsp3) is 0.136. The van der Waals surface area contributed by atoms with Crippen molar-refractivity contribution in [2.45, 2.75) is 13.1 Å². The van der Waals surface area contributed by atoms with Crippen LogP contribution in [0.2, 0.25) is 5.02 Å². The zero-order valence-corrected chi connectivity index (χ0v) is 15.4. The van der Waals surface area contributed by atoms with Gasteiger partial charge in [0.2, 0.25) is 0 Å². The zero-order valence-electron chi connectivity index (χ0n) is 14.7. The molecule has 0 aliphatic carbocycles. The summed E-state index contributed by atoms with van der Waals surface area (Å²) in [5.41, 5.74) is 3.69. The molecule has 3 rings (SSSR count). The van der Waals surface area contributed by atoms with Gasteiger partial charge in [0.1, 0.15) is 0 Å². The number of amides is 1. The number of para-hydroxylation sites is 1. The minimum absolute atomic E-state index is 0.104. The van der Waals surface area contributed by atoms with Crippen LogP contribution in [0.1, 0.15) is 21.5 Å². The normalized spacial score (nSPS) is 10.7. The number of nitrogens with one attached hydrogen (secondary N) is 1. The van der Waals surface area contributed by atoms with Crippen molar-refractivity contribution < 1.29 is 4.79 Å². The van der Waals surface area contributed by atoms with E-state index < -0.39 is 0 Å². The summed E-state index contributed by atoms with van der Waals surface area (Å²) in [4.78, 5) is 14.5. The number of benzene rings is 3. The van der Waals surface area contributed by atoms with E-state index in [-0.39, 0.29) is 5.91 Å². The smallest absolute Gasteiger partial charge is 0.255 e. The molecule has 0 aliphatic heterocycles. The van der Waals surface area contributed by atoms with Crippen LogP contribution in [0.4, 0.5) is 5.69 Å². The first-order valence-electron chi connectivity index (χ1n) is 8.49. The lowest BCUT2D eigenvalue weighted by Gasteiger charge is -2.17. The first-order chi connectivity index (χ1) is 12.6. The molecule has 0 spiro atoms. The number of anilines is 1. The van der Waals surface area contributed by atoms with Gasteiger partial charge in [-0.1, -0.05) is 60.1 Å². The van der Waals surface area contributed by atoms with E-state index >= 15 is 0 Å². The Labute approximate surface area is 159 Å². The van der Waals surface area contributed by atoms with E-state index in [1.54, 1.807) is 0 Å². The Morgan fingerprint density at radius 3 is 2.23 bits per heavy atom. The first kappa shape index (κ1) is 18.2. The fourth-order valence-electron chi connectivity index (χ4n) is 2.77. The van der Waals surface area contributed by atoms with Gasteiger partial charge in [-0.3, -0.25) is 9.69 Å². The second-order valence-corrected chi connectivity index (χ2v) is 6.69. The molecule has 0 saturated carbocycles. The maximum Gasteiger partial charge on any atom is 0.255 e. The molecule has 1 N–H and O–H groups in total. The van der Waals surface area contributed by atoms with Gasteiger partial charge < -0.3 is 5.32 Å². The number of hydrogen-bond donors (Lipinski definition) is 1. The molecule has 0 aliphatic rings. The second kappa shape index (κ2) is 8.65. The molecule has 26 heavy (non-hydrogen) atoms. The van der Waals surface area contributed by atoms with Crippen molar-refractivity contribution >= 4 is 23.2 Å². The molecule has 0 radical (unpaired) electrons. The Kier molecular flexibility index (Phi) is 6.05. The molecule has 0 saturated heterocycles. The maximum absolute atomic E-state index is 12.3. The molecule has 0 heterocycles. The van der Waals surface area contributed by atoms with Gasteiger partial charge in [0.05, 0.1) is 0 Å². The van der Waals surface area contributed by atoms with Crippen molar-refractivity contribution in [3.63, 3.8) is 0 Å². The topological polar surface area (TPSA) is 32.3 Å². The number of nitrogens with zero attached hydrogens (tertiary/aromatic N) is 1. The molecule has 0 aromatic heterocycles. The number of carbonyl (C=O) groups is 1. The zero-order chi connectivity index (χ0) is 18.4. The van der Waals surface area contributed by atoms with Crippen molar-refractivity contribution in [2.24, 2.45) is 0 Å². The van der Waals surface area contributed by atoms with Gasteiger partial charge in [-0.2, -0.15) is 0 Å². The molecule has 1 amide bonds. The van der Waals surface area contributed by atoms with Crippen molar-refractivity contribution in [1.29, 1.82) is 0 Å². The lowest BCUT2D eigenvalue weighted by atomic mass is 10.1. The molecule has 0 atom stereocenters. The van der Waals surface area contributed by atoms with Crippen LogP contribution in [0.5, 0.6) is 0 Å². The van der Waals surface area contributed by atoms with Gasteiger partial charge in [0.15, 0.2) is 0 Å². The minimum Gasteiger partial charge on any atom is -0.322 e. The Bertz CT molecular complexity index is 863. The first-order valence-corrected chi connectivity index (χ1v) is 8.87. The minimum atomic E-state index is -0.104. The maximum atomic E-state index is 12.3. The number of carbonyl (C=O) groups excluding carboxylic acids is 1. The van der Waals surface area contributed by atoms with Gasteiger partial charge in [-0.05, 0) is 48.5 Å². The summed E-state index contributed by atoms with van der Waals surface area (Å²) < 4.78 is 0. The number of halogens is 1. The van der Waals surface area contributed by atoms with Gasteiger partial charge in [-0.15, -0.1) is 0 Å². The Hall–Kier alpha value is -2.62. The summed E-state index contributed by atoms with van der Waals surface area (Å²) in [5.74, 6) is -0.104. The van der Waals surface area contributed by atoms with Crippen LogP contribution >= 0.6 is 11.6 Å². The van der Waals surface area contributed by atoms with Crippen LogP contribution in [0.3, 0.4) is 0 Å². The summed E-state index contributed by atoms with van der Waals surface area (Å²) >= 11 is 6.22. The quantitative estimate of drug-likeness (QED) is 0.650. The summed E-state index contributed by atoms with van der Waals surface area (Å²) in [6.45, 7) is 1.56. The monoisotopic (exact) mass is 364 g/mol. The lowest BCUT2D eigenvalue weighted by molar-refractivity contribution is 0.102. The van der Waals surface area contributed by atoms with E-state index in [1.807, 2.05) is 78.9 Å². The van der Waals surface area contributed by atoms with Gasteiger partial charge in [0.25, 0.3) is 5.91 Å². The van der Waals surface area contributed by atoms with Crippen LogP contribution in [-0.4, -0.2) is 17.9 Å². The molecule has 3 aromatic carbocycles. The third-order valence-electron chi connectivity index (χ3n) is 4.10.